The van der Waals surface area contributed by atoms with Crippen LogP contribution in [0.4, 0.5) is 0 Å². The topological polar surface area (TPSA) is 59.7 Å². The second-order valence-electron chi connectivity index (χ2n) is 6.22. The van der Waals surface area contributed by atoms with Crippen molar-refractivity contribution in [1.29, 1.82) is 0 Å². The minimum absolute atomic E-state index is 0.170. The third-order valence-corrected chi connectivity index (χ3v) is 4.71. The maximum atomic E-state index is 6.06. The minimum Gasteiger partial charge on any atom is -0.287 e. The van der Waals surface area contributed by atoms with Gasteiger partial charge in [-0.2, -0.15) is 0 Å². The van der Waals surface area contributed by atoms with Crippen LogP contribution in [0.3, 0.4) is 0 Å². The summed E-state index contributed by atoms with van der Waals surface area (Å²) in [6, 6.07) is 13.7. The Kier molecular flexibility index (Phi) is 4.72. The maximum Gasteiger partial charge on any atom is 0.192 e. The smallest absolute Gasteiger partial charge is 0.192 e. The summed E-state index contributed by atoms with van der Waals surface area (Å²) in [5, 5.41) is 13.8. The summed E-state index contributed by atoms with van der Waals surface area (Å²) >= 11 is 6.06. The highest BCUT2D eigenvalue weighted by Crippen LogP contribution is 2.29. The van der Waals surface area contributed by atoms with Crippen LogP contribution in [0.25, 0.3) is 5.69 Å². The molecule has 0 saturated carbocycles. The van der Waals surface area contributed by atoms with Gasteiger partial charge in [0.15, 0.2) is 5.82 Å². The molecule has 1 atom stereocenters. The molecule has 1 unspecified atom stereocenters. The van der Waals surface area contributed by atoms with Gasteiger partial charge in [-0.1, -0.05) is 30.2 Å². The molecule has 128 valence electrons. The van der Waals surface area contributed by atoms with Crippen molar-refractivity contribution in [2.45, 2.75) is 31.8 Å². The highest BCUT2D eigenvalue weighted by Gasteiger charge is 2.28. The molecule has 0 amide bonds. The highest BCUT2D eigenvalue weighted by atomic mass is 35.5. The number of halogens is 1. The van der Waals surface area contributed by atoms with Crippen LogP contribution in [0.15, 0.2) is 48.7 Å². The van der Waals surface area contributed by atoms with Gasteiger partial charge < -0.3 is 0 Å². The minimum atomic E-state index is 0.170. The van der Waals surface area contributed by atoms with Crippen LogP contribution in [0.1, 0.15) is 36.8 Å². The van der Waals surface area contributed by atoms with Gasteiger partial charge in [-0.05, 0) is 54.9 Å². The zero-order valence-corrected chi connectivity index (χ0v) is 14.5. The number of tetrazole rings is 1. The van der Waals surface area contributed by atoms with Gasteiger partial charge in [-0.25, -0.2) is 0 Å². The summed E-state index contributed by atoms with van der Waals surface area (Å²) in [6.07, 6.45) is 5.23. The van der Waals surface area contributed by atoms with Gasteiger partial charge in [0, 0.05) is 17.8 Å². The Morgan fingerprint density at radius 1 is 1.12 bits per heavy atom. The van der Waals surface area contributed by atoms with E-state index in [0.29, 0.717) is 5.02 Å². The van der Waals surface area contributed by atoms with Crippen LogP contribution in [0.2, 0.25) is 5.02 Å². The van der Waals surface area contributed by atoms with E-state index >= 15 is 0 Å². The van der Waals surface area contributed by atoms with Crippen molar-refractivity contribution in [3.63, 3.8) is 0 Å². The molecule has 0 N–H and O–H groups in total. The number of rotatable bonds is 4. The Morgan fingerprint density at radius 3 is 2.92 bits per heavy atom. The molecule has 4 rings (SSSR count). The number of likely N-dealkylation sites (tertiary alicyclic amines) is 1. The van der Waals surface area contributed by atoms with Crippen molar-refractivity contribution in [3.8, 4) is 5.69 Å². The fourth-order valence-corrected chi connectivity index (χ4v) is 3.43. The number of nitrogens with zero attached hydrogens (tertiary/aromatic N) is 6. The molecule has 1 aliphatic heterocycles. The molecule has 0 spiro atoms. The summed E-state index contributed by atoms with van der Waals surface area (Å²) in [6.45, 7) is 1.82. The van der Waals surface area contributed by atoms with Gasteiger partial charge in [0.25, 0.3) is 0 Å². The predicted molar refractivity (Wildman–Crippen MR) is 95.4 cm³/mol. The SMILES string of the molecule is Clc1cccc(-n2nnc(C3CCCCN3Cc3ccccn3)n2)c1. The van der Waals surface area contributed by atoms with Crippen LogP contribution in [0.5, 0.6) is 0 Å². The molecule has 2 aromatic heterocycles. The molecule has 7 heteroatoms. The Bertz CT molecular complexity index is 834. The third kappa shape index (κ3) is 3.70. The Labute approximate surface area is 151 Å². The van der Waals surface area contributed by atoms with E-state index in [1.54, 1.807) is 4.80 Å². The molecule has 1 aromatic carbocycles. The molecular formula is C18H19ClN6. The zero-order valence-electron chi connectivity index (χ0n) is 13.8. The zero-order chi connectivity index (χ0) is 17.1. The van der Waals surface area contributed by atoms with Gasteiger partial charge >= 0.3 is 0 Å². The molecule has 3 heterocycles. The Balaban J connectivity index is 1.57. The molecule has 0 aliphatic carbocycles. The fraction of sp³-hybridized carbons (Fsp3) is 0.333. The van der Waals surface area contributed by atoms with Crippen molar-refractivity contribution in [2.24, 2.45) is 0 Å². The fourth-order valence-electron chi connectivity index (χ4n) is 3.24. The molecule has 3 aromatic rings. The lowest BCUT2D eigenvalue weighted by atomic mass is 10.0. The highest BCUT2D eigenvalue weighted by molar-refractivity contribution is 6.30. The average Bonchev–Trinajstić information content (AvgIpc) is 3.13. The van der Waals surface area contributed by atoms with E-state index in [1.807, 2.05) is 42.6 Å². The molecule has 6 nitrogen and oxygen atoms in total. The number of hydrogen-bond acceptors (Lipinski definition) is 5. The number of hydrogen-bond donors (Lipinski definition) is 0. The van der Waals surface area contributed by atoms with Gasteiger partial charge in [0.05, 0.1) is 17.4 Å². The quantitative estimate of drug-likeness (QED) is 0.718. The van der Waals surface area contributed by atoms with Crippen molar-refractivity contribution in [1.82, 2.24) is 30.1 Å². The molecule has 0 bridgehead atoms. The summed E-state index contributed by atoms with van der Waals surface area (Å²) in [5.41, 5.74) is 1.88. The molecule has 1 saturated heterocycles. The first-order valence-electron chi connectivity index (χ1n) is 8.49. The van der Waals surface area contributed by atoms with Gasteiger partial charge in [-0.15, -0.1) is 15.0 Å². The third-order valence-electron chi connectivity index (χ3n) is 4.47. The predicted octanol–water partition coefficient (Wildman–Crippen LogP) is 3.44. The average molecular weight is 355 g/mol. The Morgan fingerprint density at radius 2 is 2.08 bits per heavy atom. The van der Waals surface area contributed by atoms with E-state index in [9.17, 15) is 0 Å². The second-order valence-corrected chi connectivity index (χ2v) is 6.66. The lowest BCUT2D eigenvalue weighted by Gasteiger charge is -2.33. The molecule has 1 fully saturated rings. The summed E-state index contributed by atoms with van der Waals surface area (Å²) in [5.74, 6) is 0.760. The van der Waals surface area contributed by atoms with Gasteiger partial charge in [0.1, 0.15) is 0 Å². The number of aromatic nitrogens is 5. The van der Waals surface area contributed by atoms with E-state index in [0.717, 1.165) is 36.7 Å². The lowest BCUT2D eigenvalue weighted by molar-refractivity contribution is 0.132. The van der Waals surface area contributed by atoms with E-state index in [-0.39, 0.29) is 6.04 Å². The molecule has 25 heavy (non-hydrogen) atoms. The van der Waals surface area contributed by atoms with Gasteiger partial charge in [0.2, 0.25) is 0 Å². The molecular weight excluding hydrogens is 336 g/mol. The summed E-state index contributed by atoms with van der Waals surface area (Å²) in [7, 11) is 0. The van der Waals surface area contributed by atoms with Gasteiger partial charge in [-0.3, -0.25) is 9.88 Å². The van der Waals surface area contributed by atoms with Crippen molar-refractivity contribution in [2.75, 3.05) is 6.54 Å². The maximum absolute atomic E-state index is 6.06. The van der Waals surface area contributed by atoms with E-state index in [1.165, 1.54) is 12.8 Å². The molecule has 0 radical (unpaired) electrons. The Hall–Kier alpha value is -2.31. The monoisotopic (exact) mass is 354 g/mol. The van der Waals surface area contributed by atoms with Crippen LogP contribution in [-0.2, 0) is 6.54 Å². The van der Waals surface area contributed by atoms with Crippen LogP contribution in [0, 0.1) is 0 Å². The van der Waals surface area contributed by atoms with E-state index < -0.39 is 0 Å². The second kappa shape index (κ2) is 7.29. The lowest BCUT2D eigenvalue weighted by Crippen LogP contribution is -2.34. The largest absolute Gasteiger partial charge is 0.287 e. The normalized spacial score (nSPS) is 18.4. The summed E-state index contributed by atoms with van der Waals surface area (Å²) in [4.78, 5) is 8.39. The van der Waals surface area contributed by atoms with Crippen LogP contribution < -0.4 is 0 Å². The molecule has 1 aliphatic rings. The number of piperidine rings is 1. The van der Waals surface area contributed by atoms with Crippen LogP contribution in [-0.4, -0.2) is 36.6 Å². The van der Waals surface area contributed by atoms with Crippen molar-refractivity contribution < 1.29 is 0 Å². The number of pyridine rings is 1. The first kappa shape index (κ1) is 16.2. The van der Waals surface area contributed by atoms with E-state index in [2.05, 4.69) is 31.4 Å². The summed E-state index contributed by atoms with van der Waals surface area (Å²) < 4.78 is 0. The first-order chi connectivity index (χ1) is 12.3. The van der Waals surface area contributed by atoms with E-state index in [4.69, 9.17) is 11.6 Å². The first-order valence-corrected chi connectivity index (χ1v) is 8.87. The van der Waals surface area contributed by atoms with Crippen LogP contribution >= 0.6 is 11.6 Å². The van der Waals surface area contributed by atoms with Crippen molar-refractivity contribution in [3.05, 3.63) is 65.2 Å². The van der Waals surface area contributed by atoms with Crippen molar-refractivity contribution >= 4 is 11.6 Å². The number of benzene rings is 1. The standard InChI is InChI=1S/C18H19ClN6/c19-14-6-5-8-16(12-14)25-22-18(21-23-25)17-9-2-4-11-24(17)13-15-7-1-3-10-20-15/h1,3,5-8,10,12,17H,2,4,9,11,13H2.